The zero-order valence-electron chi connectivity index (χ0n) is 10.7. The molecule has 0 amide bonds. The van der Waals surface area contributed by atoms with Crippen molar-refractivity contribution in [3.63, 3.8) is 0 Å². The topological polar surface area (TPSA) is 42.7 Å². The van der Waals surface area contributed by atoms with E-state index < -0.39 is 0 Å². The number of halogens is 1. The molecule has 0 aliphatic heterocycles. The van der Waals surface area contributed by atoms with E-state index >= 15 is 0 Å². The summed E-state index contributed by atoms with van der Waals surface area (Å²) in [6, 6.07) is 5.09. The Balaban J connectivity index is 2.25. The fourth-order valence-corrected chi connectivity index (χ4v) is 1.76. The lowest BCUT2D eigenvalue weighted by Gasteiger charge is -2.08. The Labute approximate surface area is 106 Å². The van der Waals surface area contributed by atoms with Crippen LogP contribution in [0, 0.1) is 12.7 Å². The van der Waals surface area contributed by atoms with Crippen LogP contribution in [0.2, 0.25) is 0 Å². The average Bonchev–Trinajstić information content (AvgIpc) is 2.78. The molecule has 0 aliphatic rings. The number of nitrogens with zero attached hydrogens (tertiary/aromatic N) is 3. The Hall–Kier alpha value is -1.75. The monoisotopic (exact) mass is 248 g/mol. The Kier molecular flexibility index (Phi) is 4.04. The number of nitrogens with one attached hydrogen (secondary N) is 1. The van der Waals surface area contributed by atoms with Gasteiger partial charge in [-0.1, -0.05) is 18.2 Å². The van der Waals surface area contributed by atoms with Gasteiger partial charge in [-0.05, 0) is 37.6 Å². The van der Waals surface area contributed by atoms with E-state index in [1.54, 1.807) is 12.3 Å². The number of aryl methyl sites for hydroxylation is 1. The zero-order chi connectivity index (χ0) is 13.0. The third-order valence-corrected chi connectivity index (χ3v) is 2.68. The SMILES string of the molecule is CCCNCc1cnnn1-c1ccc(C)cc1F. The summed E-state index contributed by atoms with van der Waals surface area (Å²) in [5, 5.41) is 11.0. The molecule has 18 heavy (non-hydrogen) atoms. The fraction of sp³-hybridized carbons (Fsp3) is 0.385. The molecule has 0 unspecified atom stereocenters. The second-order valence-corrected chi connectivity index (χ2v) is 4.27. The summed E-state index contributed by atoms with van der Waals surface area (Å²) in [6.45, 7) is 5.51. The molecular weight excluding hydrogens is 231 g/mol. The van der Waals surface area contributed by atoms with Crippen LogP contribution in [-0.4, -0.2) is 21.5 Å². The Morgan fingerprint density at radius 2 is 2.22 bits per heavy atom. The first kappa shape index (κ1) is 12.7. The first-order chi connectivity index (χ1) is 8.72. The molecule has 0 atom stereocenters. The van der Waals surface area contributed by atoms with Gasteiger partial charge in [-0.3, -0.25) is 0 Å². The van der Waals surface area contributed by atoms with Crippen LogP contribution in [0.1, 0.15) is 24.6 Å². The fourth-order valence-electron chi connectivity index (χ4n) is 1.76. The van der Waals surface area contributed by atoms with E-state index in [1.807, 2.05) is 13.0 Å². The smallest absolute Gasteiger partial charge is 0.149 e. The van der Waals surface area contributed by atoms with E-state index in [1.165, 1.54) is 10.7 Å². The van der Waals surface area contributed by atoms with E-state index in [0.29, 0.717) is 12.2 Å². The van der Waals surface area contributed by atoms with Gasteiger partial charge in [0.2, 0.25) is 0 Å². The van der Waals surface area contributed by atoms with Crippen molar-refractivity contribution < 1.29 is 4.39 Å². The molecule has 0 aliphatic carbocycles. The molecular formula is C13H17FN4. The molecule has 0 radical (unpaired) electrons. The van der Waals surface area contributed by atoms with Crippen molar-refractivity contribution in [3.05, 3.63) is 41.5 Å². The molecule has 5 heteroatoms. The lowest BCUT2D eigenvalue weighted by molar-refractivity contribution is 0.591. The number of aromatic nitrogens is 3. The first-order valence-corrected chi connectivity index (χ1v) is 6.09. The summed E-state index contributed by atoms with van der Waals surface area (Å²) in [6.07, 6.45) is 2.71. The number of hydrogen-bond acceptors (Lipinski definition) is 3. The van der Waals surface area contributed by atoms with Crippen molar-refractivity contribution in [3.8, 4) is 5.69 Å². The van der Waals surface area contributed by atoms with E-state index in [4.69, 9.17) is 0 Å². The first-order valence-electron chi connectivity index (χ1n) is 6.09. The van der Waals surface area contributed by atoms with Crippen LogP contribution in [0.3, 0.4) is 0 Å². The largest absolute Gasteiger partial charge is 0.311 e. The van der Waals surface area contributed by atoms with Crippen LogP contribution >= 0.6 is 0 Å². The number of rotatable bonds is 5. The molecule has 4 nitrogen and oxygen atoms in total. The molecule has 0 saturated heterocycles. The summed E-state index contributed by atoms with van der Waals surface area (Å²) in [5.41, 5.74) is 2.18. The summed E-state index contributed by atoms with van der Waals surface area (Å²) in [7, 11) is 0. The molecule has 1 heterocycles. The van der Waals surface area contributed by atoms with Crippen molar-refractivity contribution in [1.82, 2.24) is 20.3 Å². The number of benzene rings is 1. The molecule has 96 valence electrons. The van der Waals surface area contributed by atoms with Gasteiger partial charge in [0.15, 0.2) is 0 Å². The maximum Gasteiger partial charge on any atom is 0.149 e. The summed E-state index contributed by atoms with van der Waals surface area (Å²) >= 11 is 0. The van der Waals surface area contributed by atoms with Crippen LogP contribution in [0.4, 0.5) is 4.39 Å². The van der Waals surface area contributed by atoms with E-state index in [9.17, 15) is 4.39 Å². The lowest BCUT2D eigenvalue weighted by atomic mass is 10.2. The minimum atomic E-state index is -0.280. The van der Waals surface area contributed by atoms with Gasteiger partial charge in [-0.15, -0.1) is 5.10 Å². The van der Waals surface area contributed by atoms with Gasteiger partial charge < -0.3 is 5.32 Å². The van der Waals surface area contributed by atoms with E-state index in [0.717, 1.165) is 24.2 Å². The van der Waals surface area contributed by atoms with Gasteiger partial charge in [-0.2, -0.15) is 0 Å². The van der Waals surface area contributed by atoms with Gasteiger partial charge >= 0.3 is 0 Å². The third kappa shape index (κ3) is 2.73. The molecule has 2 rings (SSSR count). The van der Waals surface area contributed by atoms with Gasteiger partial charge in [0.25, 0.3) is 0 Å². The Morgan fingerprint density at radius 3 is 2.94 bits per heavy atom. The maximum absolute atomic E-state index is 13.9. The Bertz CT molecular complexity index is 521. The quantitative estimate of drug-likeness (QED) is 0.825. The summed E-state index contributed by atoms with van der Waals surface area (Å²) in [4.78, 5) is 0. The molecule has 0 bridgehead atoms. The second-order valence-electron chi connectivity index (χ2n) is 4.27. The summed E-state index contributed by atoms with van der Waals surface area (Å²) in [5.74, 6) is -0.280. The predicted octanol–water partition coefficient (Wildman–Crippen LogP) is 2.21. The van der Waals surface area contributed by atoms with E-state index in [2.05, 4.69) is 22.6 Å². The van der Waals surface area contributed by atoms with Gasteiger partial charge in [-0.25, -0.2) is 9.07 Å². The third-order valence-electron chi connectivity index (χ3n) is 2.68. The standard InChI is InChI=1S/C13H17FN4/c1-3-6-15-8-11-9-16-17-18(11)13-5-4-10(2)7-12(13)14/h4-5,7,9,15H,3,6,8H2,1-2H3. The second kappa shape index (κ2) is 5.73. The highest BCUT2D eigenvalue weighted by Crippen LogP contribution is 2.15. The summed E-state index contributed by atoms with van der Waals surface area (Å²) < 4.78 is 15.4. The van der Waals surface area contributed by atoms with Crippen LogP contribution < -0.4 is 5.32 Å². The number of hydrogen-bond donors (Lipinski definition) is 1. The molecule has 2 aromatic rings. The highest BCUT2D eigenvalue weighted by molar-refractivity contribution is 5.36. The average molecular weight is 248 g/mol. The van der Waals surface area contributed by atoms with E-state index in [-0.39, 0.29) is 5.82 Å². The molecule has 1 N–H and O–H groups in total. The van der Waals surface area contributed by atoms with Crippen molar-refractivity contribution in [2.75, 3.05) is 6.54 Å². The van der Waals surface area contributed by atoms with Crippen molar-refractivity contribution in [2.45, 2.75) is 26.8 Å². The highest BCUT2D eigenvalue weighted by Gasteiger charge is 2.10. The van der Waals surface area contributed by atoms with Crippen molar-refractivity contribution in [1.29, 1.82) is 0 Å². The Morgan fingerprint density at radius 1 is 1.39 bits per heavy atom. The van der Waals surface area contributed by atoms with Gasteiger partial charge in [0.05, 0.1) is 11.9 Å². The predicted molar refractivity (Wildman–Crippen MR) is 68.1 cm³/mol. The maximum atomic E-state index is 13.9. The molecule has 1 aromatic carbocycles. The zero-order valence-corrected chi connectivity index (χ0v) is 10.7. The molecule has 0 fully saturated rings. The van der Waals surface area contributed by atoms with Gasteiger partial charge in [0.1, 0.15) is 11.5 Å². The van der Waals surface area contributed by atoms with Crippen molar-refractivity contribution in [2.24, 2.45) is 0 Å². The van der Waals surface area contributed by atoms with Crippen LogP contribution in [0.15, 0.2) is 24.4 Å². The van der Waals surface area contributed by atoms with Crippen LogP contribution in [0.25, 0.3) is 5.69 Å². The van der Waals surface area contributed by atoms with Crippen molar-refractivity contribution >= 4 is 0 Å². The lowest BCUT2D eigenvalue weighted by Crippen LogP contribution is -2.17. The highest BCUT2D eigenvalue weighted by atomic mass is 19.1. The normalized spacial score (nSPS) is 10.8. The van der Waals surface area contributed by atoms with Crippen LogP contribution in [-0.2, 0) is 6.54 Å². The van der Waals surface area contributed by atoms with Gasteiger partial charge in [0, 0.05) is 6.54 Å². The molecule has 0 spiro atoms. The molecule has 0 saturated carbocycles. The minimum Gasteiger partial charge on any atom is -0.311 e. The minimum absolute atomic E-state index is 0.280. The molecule has 1 aromatic heterocycles. The van der Waals surface area contributed by atoms with Crippen LogP contribution in [0.5, 0.6) is 0 Å².